The highest BCUT2D eigenvalue weighted by Gasteiger charge is 2.33. The van der Waals surface area contributed by atoms with E-state index in [9.17, 15) is 9.59 Å². The number of benzene rings is 1. The molecule has 0 aliphatic carbocycles. The highest BCUT2D eigenvalue weighted by molar-refractivity contribution is 8.26. The first-order valence-corrected chi connectivity index (χ1v) is 12.4. The molecule has 3 aromatic rings. The van der Waals surface area contributed by atoms with Crippen LogP contribution in [-0.4, -0.2) is 50.8 Å². The molecule has 0 saturated carbocycles. The van der Waals surface area contributed by atoms with Crippen LogP contribution in [0.1, 0.15) is 16.7 Å². The summed E-state index contributed by atoms with van der Waals surface area (Å²) in [6.07, 6.45) is 3.32. The number of thiocarbonyl (C=S) groups is 1. The predicted molar refractivity (Wildman–Crippen MR) is 139 cm³/mol. The molecule has 2 aromatic heterocycles. The van der Waals surface area contributed by atoms with Crippen LogP contribution in [0.3, 0.4) is 0 Å². The van der Waals surface area contributed by atoms with Crippen molar-refractivity contribution in [3.05, 3.63) is 79.6 Å². The number of hydrogen-bond donors (Lipinski definition) is 0. The molecule has 1 aromatic carbocycles. The summed E-state index contributed by atoms with van der Waals surface area (Å²) in [5.74, 6) is 0.301. The topological polar surface area (TPSA) is 67.2 Å². The lowest BCUT2D eigenvalue weighted by molar-refractivity contribution is -0.122. The number of aryl methyl sites for hydroxylation is 1. The van der Waals surface area contributed by atoms with Gasteiger partial charge in [0.1, 0.15) is 15.8 Å². The van der Waals surface area contributed by atoms with E-state index in [4.69, 9.17) is 33.5 Å². The fourth-order valence-electron chi connectivity index (χ4n) is 4.01. The Morgan fingerprint density at radius 2 is 1.94 bits per heavy atom. The van der Waals surface area contributed by atoms with Gasteiger partial charge in [-0.25, -0.2) is 4.98 Å². The molecule has 0 spiro atoms. The predicted octanol–water partition coefficient (Wildman–Crippen LogP) is 3.89. The summed E-state index contributed by atoms with van der Waals surface area (Å²) >= 11 is 13.0. The Labute approximate surface area is 211 Å². The van der Waals surface area contributed by atoms with Crippen LogP contribution in [0.2, 0.25) is 5.02 Å². The van der Waals surface area contributed by atoms with Crippen LogP contribution >= 0.6 is 35.6 Å². The van der Waals surface area contributed by atoms with Crippen LogP contribution in [-0.2, 0) is 16.1 Å². The number of nitrogens with zero attached hydrogens (tertiary/aromatic N) is 4. The fourth-order valence-corrected chi connectivity index (χ4v) is 5.44. The maximum atomic E-state index is 13.6. The maximum absolute atomic E-state index is 13.6. The van der Waals surface area contributed by atoms with Gasteiger partial charge in [-0.15, -0.1) is 0 Å². The summed E-state index contributed by atoms with van der Waals surface area (Å²) in [5, 5.41) is 0.572. The number of thioether (sulfide) groups is 1. The number of morpholine rings is 1. The van der Waals surface area contributed by atoms with Crippen molar-refractivity contribution in [1.82, 2.24) is 14.3 Å². The molecule has 2 saturated heterocycles. The lowest BCUT2D eigenvalue weighted by Crippen LogP contribution is -2.38. The van der Waals surface area contributed by atoms with Gasteiger partial charge in [-0.05, 0) is 36.3 Å². The van der Waals surface area contributed by atoms with E-state index in [1.807, 2.05) is 42.2 Å². The van der Waals surface area contributed by atoms with Gasteiger partial charge in [-0.2, -0.15) is 0 Å². The number of hydrogen-bond acceptors (Lipinski definition) is 7. The molecule has 2 aliphatic heterocycles. The molecule has 2 fully saturated rings. The normalized spacial score (nSPS) is 17.9. The van der Waals surface area contributed by atoms with Crippen LogP contribution in [0.25, 0.3) is 11.7 Å². The summed E-state index contributed by atoms with van der Waals surface area (Å²) in [6.45, 7) is 4.52. The highest BCUT2D eigenvalue weighted by atomic mass is 35.5. The van der Waals surface area contributed by atoms with Crippen LogP contribution in [0.5, 0.6) is 0 Å². The zero-order valence-electron chi connectivity index (χ0n) is 18.4. The molecule has 34 heavy (non-hydrogen) atoms. The minimum absolute atomic E-state index is 0.230. The molecule has 174 valence electrons. The van der Waals surface area contributed by atoms with Crippen molar-refractivity contribution in [2.24, 2.45) is 0 Å². The smallest absolute Gasteiger partial charge is 0.267 e. The average Bonchev–Trinajstić information content (AvgIpc) is 3.10. The number of rotatable bonds is 4. The maximum Gasteiger partial charge on any atom is 0.267 e. The van der Waals surface area contributed by atoms with Crippen molar-refractivity contribution in [3.8, 4) is 0 Å². The highest BCUT2D eigenvalue weighted by Crippen LogP contribution is 2.35. The molecular formula is C24H21ClN4O3S2. The summed E-state index contributed by atoms with van der Waals surface area (Å²) in [6, 6.07) is 11.1. The van der Waals surface area contributed by atoms with E-state index in [0.29, 0.717) is 57.6 Å². The number of carbonyl (C=O) groups excluding carboxylic acids is 1. The van der Waals surface area contributed by atoms with Gasteiger partial charge in [0.2, 0.25) is 0 Å². The number of carbonyl (C=O) groups is 1. The number of pyridine rings is 1. The third-order valence-electron chi connectivity index (χ3n) is 5.81. The number of ether oxygens (including phenoxy) is 1. The second kappa shape index (κ2) is 9.50. The van der Waals surface area contributed by atoms with Crippen molar-refractivity contribution >= 4 is 63.3 Å². The van der Waals surface area contributed by atoms with Crippen molar-refractivity contribution in [2.45, 2.75) is 13.5 Å². The molecule has 10 heteroatoms. The van der Waals surface area contributed by atoms with Gasteiger partial charge in [-0.1, -0.05) is 59.8 Å². The minimum atomic E-state index is -0.253. The fraction of sp³-hybridized carbons (Fsp3) is 0.250. The van der Waals surface area contributed by atoms with E-state index >= 15 is 0 Å². The Balaban J connectivity index is 1.58. The van der Waals surface area contributed by atoms with Crippen LogP contribution in [0.15, 0.2) is 52.3 Å². The standard InChI is InChI=1S/C24H21ClN4O3S2/c1-15-5-4-8-28-20(15)26-21(27-9-11-32-12-10-27)17(22(28)30)13-19-23(31)29(24(33)34-19)14-16-6-2-3-7-18(16)25/h2-8,13H,9-12,14H2,1H3/b19-13+. The molecule has 5 rings (SSSR count). The lowest BCUT2D eigenvalue weighted by Gasteiger charge is -2.29. The molecule has 0 unspecified atom stereocenters. The zero-order valence-corrected chi connectivity index (χ0v) is 20.8. The van der Waals surface area contributed by atoms with Crippen molar-refractivity contribution < 1.29 is 9.53 Å². The Kier molecular flexibility index (Phi) is 6.44. The average molecular weight is 513 g/mol. The molecule has 0 radical (unpaired) electrons. The molecule has 2 aliphatic rings. The molecule has 0 N–H and O–H groups in total. The number of aromatic nitrogens is 2. The van der Waals surface area contributed by atoms with E-state index in [0.717, 1.165) is 11.1 Å². The summed E-state index contributed by atoms with van der Waals surface area (Å²) in [7, 11) is 0. The van der Waals surface area contributed by atoms with Gasteiger partial charge >= 0.3 is 0 Å². The Morgan fingerprint density at radius 1 is 1.18 bits per heavy atom. The van der Waals surface area contributed by atoms with Crippen LogP contribution in [0.4, 0.5) is 5.82 Å². The van der Waals surface area contributed by atoms with E-state index in [-0.39, 0.29) is 18.0 Å². The molecule has 4 heterocycles. The van der Waals surface area contributed by atoms with Gasteiger partial charge in [-0.3, -0.25) is 18.9 Å². The second-order valence-corrected chi connectivity index (χ2v) is 10.1. The summed E-state index contributed by atoms with van der Waals surface area (Å²) < 4.78 is 7.43. The van der Waals surface area contributed by atoms with E-state index in [1.165, 1.54) is 21.1 Å². The zero-order chi connectivity index (χ0) is 23.8. The SMILES string of the molecule is Cc1cccn2c(=O)c(/C=C3/SC(=S)N(Cc4ccccc4Cl)C3=O)c(N3CCOCC3)nc12. The lowest BCUT2D eigenvalue weighted by atomic mass is 10.2. The first-order chi connectivity index (χ1) is 16.4. The largest absolute Gasteiger partial charge is 0.378 e. The summed E-state index contributed by atoms with van der Waals surface area (Å²) in [4.78, 5) is 35.7. The number of amides is 1. The van der Waals surface area contributed by atoms with E-state index in [2.05, 4.69) is 0 Å². The third-order valence-corrected chi connectivity index (χ3v) is 7.56. The third kappa shape index (κ3) is 4.24. The van der Waals surface area contributed by atoms with Gasteiger partial charge in [0.05, 0.1) is 30.2 Å². The Hall–Kier alpha value is -2.72. The minimum Gasteiger partial charge on any atom is -0.378 e. The van der Waals surface area contributed by atoms with E-state index in [1.54, 1.807) is 18.3 Å². The van der Waals surface area contributed by atoms with Crippen molar-refractivity contribution in [2.75, 3.05) is 31.2 Å². The molecular weight excluding hydrogens is 492 g/mol. The molecule has 0 bridgehead atoms. The second-order valence-electron chi connectivity index (χ2n) is 8.00. The van der Waals surface area contributed by atoms with Gasteiger partial charge in [0.15, 0.2) is 0 Å². The van der Waals surface area contributed by atoms with Gasteiger partial charge < -0.3 is 9.64 Å². The molecule has 1 amide bonds. The molecule has 7 nitrogen and oxygen atoms in total. The summed E-state index contributed by atoms with van der Waals surface area (Å²) in [5.41, 5.74) is 2.43. The molecule has 0 atom stereocenters. The first kappa shape index (κ1) is 23.0. The van der Waals surface area contributed by atoms with E-state index < -0.39 is 0 Å². The number of anilines is 1. The van der Waals surface area contributed by atoms with Gasteiger partial charge in [0, 0.05) is 24.3 Å². The first-order valence-electron chi connectivity index (χ1n) is 10.8. The Morgan fingerprint density at radius 3 is 2.71 bits per heavy atom. The van der Waals surface area contributed by atoms with Crippen LogP contribution < -0.4 is 10.5 Å². The van der Waals surface area contributed by atoms with Crippen LogP contribution in [0, 0.1) is 6.92 Å². The number of fused-ring (bicyclic) bond motifs is 1. The van der Waals surface area contributed by atoms with Crippen molar-refractivity contribution in [3.63, 3.8) is 0 Å². The van der Waals surface area contributed by atoms with Gasteiger partial charge in [0.25, 0.3) is 11.5 Å². The Bertz CT molecular complexity index is 1400. The van der Waals surface area contributed by atoms with Crippen molar-refractivity contribution in [1.29, 1.82) is 0 Å². The number of halogens is 1. The quantitative estimate of drug-likeness (QED) is 0.388. The monoisotopic (exact) mass is 512 g/mol.